The topological polar surface area (TPSA) is 152 Å². The summed E-state index contributed by atoms with van der Waals surface area (Å²) in [5.74, 6) is -0.0525. The molecule has 6 N–H and O–H groups in total. The standard InChI is InChI=1S/C16H22N8O2/c1-4-10(14(17)25)22-11-8-20-13(15(18)26)16(23-11)21-9-5-6-19-12(7-9)24(2)3/h5-8,10H,4H2,1-3H3,(H2,17,25)(H2,18,26)(H2,19,21,22,23)/t10-/m1/s1. The molecule has 0 aliphatic rings. The highest BCUT2D eigenvalue weighted by atomic mass is 16.1. The molecule has 138 valence electrons. The van der Waals surface area contributed by atoms with Crippen molar-refractivity contribution in [3.05, 3.63) is 30.2 Å². The molecule has 0 aliphatic carbocycles. The van der Waals surface area contributed by atoms with Crippen LogP contribution >= 0.6 is 0 Å². The third kappa shape index (κ3) is 4.56. The van der Waals surface area contributed by atoms with E-state index in [1.165, 1.54) is 6.20 Å². The Bertz CT molecular complexity index is 809. The molecular weight excluding hydrogens is 336 g/mol. The number of nitrogens with one attached hydrogen (secondary N) is 2. The maximum Gasteiger partial charge on any atom is 0.271 e. The van der Waals surface area contributed by atoms with Crippen molar-refractivity contribution in [2.45, 2.75) is 19.4 Å². The number of nitrogens with zero attached hydrogens (tertiary/aromatic N) is 4. The van der Waals surface area contributed by atoms with Crippen molar-refractivity contribution in [3.8, 4) is 0 Å². The van der Waals surface area contributed by atoms with E-state index in [1.807, 2.05) is 25.9 Å². The van der Waals surface area contributed by atoms with Gasteiger partial charge >= 0.3 is 0 Å². The molecule has 2 heterocycles. The second-order valence-corrected chi connectivity index (χ2v) is 5.75. The van der Waals surface area contributed by atoms with Crippen LogP contribution in [0.15, 0.2) is 24.5 Å². The first-order chi connectivity index (χ1) is 12.3. The fourth-order valence-electron chi connectivity index (χ4n) is 2.16. The summed E-state index contributed by atoms with van der Waals surface area (Å²) in [7, 11) is 3.72. The van der Waals surface area contributed by atoms with Gasteiger partial charge in [-0.15, -0.1) is 0 Å². The summed E-state index contributed by atoms with van der Waals surface area (Å²) in [4.78, 5) is 37.4. The lowest BCUT2D eigenvalue weighted by atomic mass is 10.2. The second kappa shape index (κ2) is 8.10. The number of carbonyl (C=O) groups is 2. The van der Waals surface area contributed by atoms with Gasteiger partial charge in [0.15, 0.2) is 11.5 Å². The van der Waals surface area contributed by atoms with Crippen molar-refractivity contribution in [1.29, 1.82) is 0 Å². The fraction of sp³-hybridized carbons (Fsp3) is 0.312. The summed E-state index contributed by atoms with van der Waals surface area (Å²) in [5, 5.41) is 5.90. The molecule has 2 amide bonds. The Kier molecular flexibility index (Phi) is 5.89. The van der Waals surface area contributed by atoms with Crippen LogP contribution in [-0.4, -0.2) is 46.9 Å². The summed E-state index contributed by atoms with van der Waals surface area (Å²) >= 11 is 0. The first-order valence-corrected chi connectivity index (χ1v) is 7.95. The van der Waals surface area contributed by atoms with Crippen LogP contribution < -0.4 is 27.0 Å². The van der Waals surface area contributed by atoms with Gasteiger partial charge in [0, 0.05) is 32.0 Å². The van der Waals surface area contributed by atoms with Gasteiger partial charge in [0.25, 0.3) is 5.91 Å². The molecule has 0 radical (unpaired) electrons. The number of aromatic nitrogens is 3. The highest BCUT2D eigenvalue weighted by Crippen LogP contribution is 2.21. The molecule has 2 aromatic rings. The average Bonchev–Trinajstić information content (AvgIpc) is 2.59. The van der Waals surface area contributed by atoms with E-state index < -0.39 is 17.9 Å². The van der Waals surface area contributed by atoms with E-state index in [2.05, 4.69) is 25.6 Å². The van der Waals surface area contributed by atoms with Crippen LogP contribution in [0.2, 0.25) is 0 Å². The highest BCUT2D eigenvalue weighted by Gasteiger charge is 2.17. The van der Waals surface area contributed by atoms with Crippen LogP contribution in [0.4, 0.5) is 23.1 Å². The molecule has 26 heavy (non-hydrogen) atoms. The minimum absolute atomic E-state index is 0.0223. The van der Waals surface area contributed by atoms with Crippen molar-refractivity contribution in [2.24, 2.45) is 11.5 Å². The Morgan fingerprint density at radius 3 is 2.58 bits per heavy atom. The van der Waals surface area contributed by atoms with Gasteiger partial charge in [-0.3, -0.25) is 9.59 Å². The minimum atomic E-state index is -0.726. The number of primary amides is 2. The van der Waals surface area contributed by atoms with Gasteiger partial charge in [-0.1, -0.05) is 6.92 Å². The van der Waals surface area contributed by atoms with Crippen molar-refractivity contribution in [2.75, 3.05) is 29.6 Å². The third-order valence-corrected chi connectivity index (χ3v) is 3.55. The molecule has 0 bridgehead atoms. The quantitative estimate of drug-likeness (QED) is 0.531. The molecule has 0 saturated heterocycles. The molecule has 10 heteroatoms. The van der Waals surface area contributed by atoms with Crippen molar-refractivity contribution in [3.63, 3.8) is 0 Å². The Morgan fingerprint density at radius 2 is 2.00 bits per heavy atom. The smallest absolute Gasteiger partial charge is 0.271 e. The summed E-state index contributed by atoms with van der Waals surface area (Å²) in [6.45, 7) is 1.81. The van der Waals surface area contributed by atoms with Gasteiger partial charge in [-0.05, 0) is 12.5 Å². The van der Waals surface area contributed by atoms with Crippen LogP contribution in [0.1, 0.15) is 23.8 Å². The predicted molar refractivity (Wildman–Crippen MR) is 99.3 cm³/mol. The molecule has 0 aromatic carbocycles. The van der Waals surface area contributed by atoms with Gasteiger partial charge in [0.2, 0.25) is 5.91 Å². The molecule has 0 aliphatic heterocycles. The maximum atomic E-state index is 11.6. The monoisotopic (exact) mass is 358 g/mol. The van der Waals surface area contributed by atoms with Crippen molar-refractivity contribution < 1.29 is 9.59 Å². The molecule has 0 unspecified atom stereocenters. The van der Waals surface area contributed by atoms with Gasteiger partial charge < -0.3 is 27.0 Å². The van der Waals surface area contributed by atoms with E-state index in [4.69, 9.17) is 11.5 Å². The SMILES string of the molecule is CC[C@@H](Nc1cnc(C(N)=O)c(Nc2ccnc(N(C)C)c2)n1)C(N)=O. The van der Waals surface area contributed by atoms with E-state index in [9.17, 15) is 9.59 Å². The highest BCUT2D eigenvalue weighted by molar-refractivity contribution is 5.96. The first kappa shape index (κ1) is 18.9. The molecule has 2 aromatic heterocycles. The number of hydrogen-bond donors (Lipinski definition) is 4. The van der Waals surface area contributed by atoms with Crippen LogP contribution in [0.25, 0.3) is 0 Å². The second-order valence-electron chi connectivity index (χ2n) is 5.75. The van der Waals surface area contributed by atoms with Gasteiger partial charge in [-0.2, -0.15) is 0 Å². The van der Waals surface area contributed by atoms with Crippen molar-refractivity contribution in [1.82, 2.24) is 15.0 Å². The Morgan fingerprint density at radius 1 is 1.27 bits per heavy atom. The summed E-state index contributed by atoms with van der Waals surface area (Å²) < 4.78 is 0. The number of amides is 2. The molecule has 0 spiro atoms. The maximum absolute atomic E-state index is 11.6. The number of carbonyl (C=O) groups excluding carboxylic acids is 2. The lowest BCUT2D eigenvalue weighted by Gasteiger charge is -2.16. The summed E-state index contributed by atoms with van der Waals surface area (Å²) in [6.07, 6.45) is 3.43. The van der Waals surface area contributed by atoms with Crippen LogP contribution in [0, 0.1) is 0 Å². The van der Waals surface area contributed by atoms with Gasteiger partial charge in [-0.25, -0.2) is 15.0 Å². The van der Waals surface area contributed by atoms with Gasteiger partial charge in [0.1, 0.15) is 17.7 Å². The normalized spacial score (nSPS) is 11.5. The zero-order valence-electron chi connectivity index (χ0n) is 14.9. The van der Waals surface area contributed by atoms with Crippen molar-refractivity contribution >= 4 is 35.0 Å². The number of anilines is 4. The lowest BCUT2D eigenvalue weighted by molar-refractivity contribution is -0.118. The Balaban J connectivity index is 2.35. The minimum Gasteiger partial charge on any atom is -0.368 e. The predicted octanol–water partition coefficient (Wildman–Crippen LogP) is 0.456. The zero-order chi connectivity index (χ0) is 19.3. The third-order valence-electron chi connectivity index (χ3n) is 3.55. The van der Waals surface area contributed by atoms with E-state index in [-0.39, 0.29) is 11.5 Å². The number of nitrogens with two attached hydrogens (primary N) is 2. The van der Waals surface area contributed by atoms with E-state index in [1.54, 1.807) is 18.3 Å². The lowest BCUT2D eigenvalue weighted by Crippen LogP contribution is -2.35. The van der Waals surface area contributed by atoms with Crippen LogP contribution in [0.5, 0.6) is 0 Å². The summed E-state index contributed by atoms with van der Waals surface area (Å²) in [5.41, 5.74) is 11.3. The van der Waals surface area contributed by atoms with Crippen LogP contribution in [0.3, 0.4) is 0 Å². The Labute approximate surface area is 151 Å². The van der Waals surface area contributed by atoms with E-state index >= 15 is 0 Å². The van der Waals surface area contributed by atoms with Crippen LogP contribution in [-0.2, 0) is 4.79 Å². The number of rotatable bonds is 8. The molecule has 1 atom stereocenters. The molecule has 2 rings (SSSR count). The molecule has 10 nitrogen and oxygen atoms in total. The number of hydrogen-bond acceptors (Lipinski definition) is 8. The zero-order valence-corrected chi connectivity index (χ0v) is 14.9. The summed E-state index contributed by atoms with van der Waals surface area (Å²) in [6, 6.07) is 2.90. The van der Waals surface area contributed by atoms with E-state index in [0.29, 0.717) is 17.9 Å². The number of pyridine rings is 1. The average molecular weight is 358 g/mol. The first-order valence-electron chi connectivity index (χ1n) is 7.95. The Hall–Kier alpha value is -3.43. The van der Waals surface area contributed by atoms with E-state index in [0.717, 1.165) is 5.82 Å². The molecular formula is C16H22N8O2. The fourth-order valence-corrected chi connectivity index (χ4v) is 2.16. The largest absolute Gasteiger partial charge is 0.368 e. The molecule has 0 saturated carbocycles. The van der Waals surface area contributed by atoms with Gasteiger partial charge in [0.05, 0.1) is 6.20 Å². The molecule has 0 fully saturated rings.